The Bertz CT molecular complexity index is 1020. The number of rotatable bonds is 8. The minimum atomic E-state index is -1.17. The molecule has 2 aliphatic heterocycles. The first-order valence-electron chi connectivity index (χ1n) is 12.7. The van der Waals surface area contributed by atoms with Crippen molar-refractivity contribution in [1.29, 1.82) is 0 Å². The summed E-state index contributed by atoms with van der Waals surface area (Å²) in [4.78, 5) is 0. The average Bonchev–Trinajstić information content (AvgIpc) is 2.88. The summed E-state index contributed by atoms with van der Waals surface area (Å²) in [6, 6.07) is 5.58. The number of benzene rings is 2. The van der Waals surface area contributed by atoms with Crippen LogP contribution >= 0.6 is 0 Å². The zero-order valence-electron chi connectivity index (χ0n) is 20.3. The summed E-state index contributed by atoms with van der Waals surface area (Å²) in [5.41, 5.74) is -0.149. The molecule has 2 aliphatic rings. The largest absolute Gasteiger partial charge is 0.378 e. The maximum absolute atomic E-state index is 15.0. The van der Waals surface area contributed by atoms with Crippen LogP contribution in [-0.4, -0.2) is 25.4 Å². The van der Waals surface area contributed by atoms with Gasteiger partial charge in [0, 0.05) is 23.7 Å². The number of aryl methyl sites for hydroxylation is 1. The molecule has 2 saturated heterocycles. The van der Waals surface area contributed by atoms with Crippen molar-refractivity contribution in [3.8, 4) is 11.1 Å². The summed E-state index contributed by atoms with van der Waals surface area (Å²) in [7, 11) is 0. The van der Waals surface area contributed by atoms with Gasteiger partial charge in [-0.15, -0.1) is 6.58 Å². The summed E-state index contributed by atoms with van der Waals surface area (Å²) in [6.45, 7) is 6.83. The van der Waals surface area contributed by atoms with E-state index >= 15 is 0 Å². The molecule has 4 unspecified atom stereocenters. The van der Waals surface area contributed by atoms with Crippen molar-refractivity contribution in [2.45, 2.75) is 76.4 Å². The molecular weight excluding hydrogens is 456 g/mol. The molecular formula is C29H34F4O2. The van der Waals surface area contributed by atoms with Gasteiger partial charge in [0.15, 0.2) is 23.3 Å². The molecule has 2 aromatic carbocycles. The van der Waals surface area contributed by atoms with Gasteiger partial charge in [0.05, 0.1) is 18.8 Å². The Balaban J connectivity index is 1.45. The van der Waals surface area contributed by atoms with Gasteiger partial charge in [-0.05, 0) is 62.0 Å². The molecule has 6 heteroatoms. The van der Waals surface area contributed by atoms with Crippen molar-refractivity contribution < 1.29 is 27.0 Å². The molecule has 0 bridgehead atoms. The minimum absolute atomic E-state index is 0.0369. The smallest absolute Gasteiger partial charge is 0.167 e. The lowest BCUT2D eigenvalue weighted by Gasteiger charge is -2.29. The zero-order valence-corrected chi connectivity index (χ0v) is 20.3. The minimum Gasteiger partial charge on any atom is -0.378 e. The van der Waals surface area contributed by atoms with E-state index in [-0.39, 0.29) is 47.0 Å². The molecule has 35 heavy (non-hydrogen) atoms. The molecule has 0 amide bonds. The first kappa shape index (κ1) is 25.9. The predicted octanol–water partition coefficient (Wildman–Crippen LogP) is 7.89. The SMILES string of the molecule is C=CC1CCC(c2ccc(-c3ccc(CCC4CCC(CCC)CO4)c(F)c3F)c(F)c2F)CO1. The van der Waals surface area contributed by atoms with Gasteiger partial charge in [-0.3, -0.25) is 0 Å². The third kappa shape index (κ3) is 5.80. The fraction of sp³-hybridized carbons (Fsp3) is 0.517. The Morgan fingerprint density at radius 2 is 1.57 bits per heavy atom. The van der Waals surface area contributed by atoms with E-state index in [0.717, 1.165) is 32.3 Å². The van der Waals surface area contributed by atoms with Gasteiger partial charge >= 0.3 is 0 Å². The zero-order chi connectivity index (χ0) is 24.9. The predicted molar refractivity (Wildman–Crippen MR) is 129 cm³/mol. The van der Waals surface area contributed by atoms with E-state index in [0.29, 0.717) is 31.6 Å². The van der Waals surface area contributed by atoms with Gasteiger partial charge in [-0.25, -0.2) is 17.6 Å². The van der Waals surface area contributed by atoms with Gasteiger partial charge in [0.25, 0.3) is 0 Å². The third-order valence-electron chi connectivity index (χ3n) is 7.48. The monoisotopic (exact) mass is 490 g/mol. The average molecular weight is 491 g/mol. The van der Waals surface area contributed by atoms with E-state index in [9.17, 15) is 17.6 Å². The fourth-order valence-electron chi connectivity index (χ4n) is 5.32. The molecule has 0 aliphatic carbocycles. The van der Waals surface area contributed by atoms with Crippen LogP contribution in [0.3, 0.4) is 0 Å². The van der Waals surface area contributed by atoms with E-state index in [2.05, 4.69) is 13.5 Å². The molecule has 2 fully saturated rings. The second-order valence-electron chi connectivity index (χ2n) is 9.84. The van der Waals surface area contributed by atoms with Crippen LogP contribution in [0, 0.1) is 29.2 Å². The highest BCUT2D eigenvalue weighted by atomic mass is 19.2. The third-order valence-corrected chi connectivity index (χ3v) is 7.48. The molecule has 0 spiro atoms. The first-order valence-corrected chi connectivity index (χ1v) is 12.7. The van der Waals surface area contributed by atoms with Crippen molar-refractivity contribution in [3.63, 3.8) is 0 Å². The number of hydrogen-bond donors (Lipinski definition) is 0. The quantitative estimate of drug-likeness (QED) is 0.277. The molecule has 0 N–H and O–H groups in total. The molecule has 190 valence electrons. The standard InChI is InChI=1S/C29H34F4O2/c1-3-5-18-6-10-22(34-16-18)12-7-19-9-13-24(28(32)26(19)30)25-15-14-23(27(31)29(25)33)20-8-11-21(4-2)35-17-20/h4,9,13-15,18,20-22H,2-3,5-8,10-12,16-17H2,1H3. The normalized spacial score (nSPS) is 24.9. The lowest BCUT2D eigenvalue weighted by molar-refractivity contribution is -0.0216. The molecule has 0 radical (unpaired) electrons. The van der Waals surface area contributed by atoms with E-state index in [4.69, 9.17) is 9.47 Å². The van der Waals surface area contributed by atoms with Gasteiger partial charge in [0.1, 0.15) is 0 Å². The lowest BCUT2D eigenvalue weighted by Crippen LogP contribution is -2.26. The Hall–Kier alpha value is -2.18. The number of halogens is 4. The van der Waals surface area contributed by atoms with E-state index in [1.54, 1.807) is 6.08 Å². The second kappa shape index (κ2) is 11.7. The first-order chi connectivity index (χ1) is 16.9. The maximum atomic E-state index is 15.0. The Kier molecular flexibility index (Phi) is 8.66. The molecule has 0 aromatic heterocycles. The highest BCUT2D eigenvalue weighted by molar-refractivity contribution is 5.66. The van der Waals surface area contributed by atoms with Crippen molar-refractivity contribution >= 4 is 0 Å². The van der Waals surface area contributed by atoms with Crippen LogP contribution in [0.1, 0.15) is 68.9 Å². The second-order valence-corrected chi connectivity index (χ2v) is 9.84. The molecule has 4 atom stereocenters. The van der Waals surface area contributed by atoms with Crippen LogP contribution in [0.2, 0.25) is 0 Å². The fourth-order valence-corrected chi connectivity index (χ4v) is 5.32. The Morgan fingerprint density at radius 1 is 0.829 bits per heavy atom. The van der Waals surface area contributed by atoms with Crippen LogP contribution < -0.4 is 0 Å². The van der Waals surface area contributed by atoms with Gasteiger partial charge in [-0.2, -0.15) is 0 Å². The van der Waals surface area contributed by atoms with Gasteiger partial charge in [-0.1, -0.05) is 43.7 Å². The van der Waals surface area contributed by atoms with Gasteiger partial charge in [0.2, 0.25) is 0 Å². The topological polar surface area (TPSA) is 18.5 Å². The highest BCUT2D eigenvalue weighted by Crippen LogP contribution is 2.36. The number of ether oxygens (including phenoxy) is 2. The molecule has 2 nitrogen and oxygen atoms in total. The summed E-state index contributed by atoms with van der Waals surface area (Å²) < 4.78 is 71.3. The van der Waals surface area contributed by atoms with E-state index in [1.807, 2.05) is 0 Å². The van der Waals surface area contributed by atoms with Gasteiger partial charge < -0.3 is 9.47 Å². The maximum Gasteiger partial charge on any atom is 0.167 e. The van der Waals surface area contributed by atoms with Crippen molar-refractivity contribution in [2.75, 3.05) is 13.2 Å². The summed E-state index contributed by atoms with van der Waals surface area (Å²) in [5, 5.41) is 0. The molecule has 0 saturated carbocycles. The Labute approximate surface area is 205 Å². The van der Waals surface area contributed by atoms with Crippen LogP contribution in [0.15, 0.2) is 36.9 Å². The van der Waals surface area contributed by atoms with Crippen LogP contribution in [0.25, 0.3) is 11.1 Å². The van der Waals surface area contributed by atoms with E-state index < -0.39 is 23.3 Å². The highest BCUT2D eigenvalue weighted by Gasteiger charge is 2.27. The van der Waals surface area contributed by atoms with E-state index in [1.165, 1.54) is 24.3 Å². The molecule has 2 heterocycles. The molecule has 4 rings (SSSR count). The number of hydrogen-bond acceptors (Lipinski definition) is 2. The van der Waals surface area contributed by atoms with Crippen LogP contribution in [0.4, 0.5) is 17.6 Å². The van der Waals surface area contributed by atoms with Crippen molar-refractivity contribution in [2.24, 2.45) is 5.92 Å². The summed E-state index contributed by atoms with van der Waals surface area (Å²) >= 11 is 0. The summed E-state index contributed by atoms with van der Waals surface area (Å²) in [5.74, 6) is -4.08. The van der Waals surface area contributed by atoms with Crippen molar-refractivity contribution in [3.05, 3.63) is 71.3 Å². The molecule has 2 aromatic rings. The lowest BCUT2D eigenvalue weighted by atomic mass is 9.89. The Morgan fingerprint density at radius 3 is 2.20 bits per heavy atom. The summed E-state index contributed by atoms with van der Waals surface area (Å²) in [6.07, 6.45) is 8.18. The van der Waals surface area contributed by atoms with Crippen LogP contribution in [-0.2, 0) is 15.9 Å². The van der Waals surface area contributed by atoms with Crippen LogP contribution in [0.5, 0.6) is 0 Å². The van der Waals surface area contributed by atoms with Crippen molar-refractivity contribution in [1.82, 2.24) is 0 Å².